The van der Waals surface area contributed by atoms with Gasteiger partial charge in [0, 0.05) is 26.1 Å². The quantitative estimate of drug-likeness (QED) is 0.891. The summed E-state index contributed by atoms with van der Waals surface area (Å²) in [6.45, 7) is 9.91. The molecule has 0 amide bonds. The Morgan fingerprint density at radius 1 is 1.10 bits per heavy atom. The van der Waals surface area contributed by atoms with Crippen LogP contribution in [0.4, 0.5) is 0 Å². The highest BCUT2D eigenvalue weighted by Gasteiger charge is 2.32. The molecule has 0 radical (unpaired) electrons. The van der Waals surface area contributed by atoms with E-state index in [1.54, 1.807) is 0 Å². The van der Waals surface area contributed by atoms with Crippen molar-refractivity contribution in [2.75, 3.05) is 19.6 Å². The van der Waals surface area contributed by atoms with E-state index in [1.807, 2.05) is 0 Å². The first-order chi connectivity index (χ1) is 9.50. The summed E-state index contributed by atoms with van der Waals surface area (Å²) in [7, 11) is 0. The molecule has 0 aliphatic carbocycles. The minimum atomic E-state index is -0.499. The van der Waals surface area contributed by atoms with E-state index >= 15 is 0 Å². The van der Waals surface area contributed by atoms with Gasteiger partial charge in [-0.05, 0) is 36.3 Å². The normalized spacial score (nSPS) is 19.4. The number of benzene rings is 1. The van der Waals surface area contributed by atoms with Crippen molar-refractivity contribution in [3.05, 3.63) is 35.4 Å². The van der Waals surface area contributed by atoms with Crippen molar-refractivity contribution in [2.45, 2.75) is 52.1 Å². The molecule has 2 heteroatoms. The Kier molecular flexibility index (Phi) is 5.22. The van der Waals surface area contributed by atoms with Crippen molar-refractivity contribution in [1.82, 2.24) is 4.90 Å². The first kappa shape index (κ1) is 15.5. The highest BCUT2D eigenvalue weighted by Crippen LogP contribution is 2.27. The topological polar surface area (TPSA) is 23.5 Å². The molecule has 2 nitrogen and oxygen atoms in total. The fourth-order valence-electron chi connectivity index (χ4n) is 3.12. The SMILES string of the molecule is CCc1ccc(CC2(O)CCN(CC(C)C)CC2)cc1. The van der Waals surface area contributed by atoms with Crippen molar-refractivity contribution in [1.29, 1.82) is 0 Å². The first-order valence-corrected chi connectivity index (χ1v) is 8.03. The van der Waals surface area contributed by atoms with Gasteiger partial charge in [-0.3, -0.25) is 0 Å². The largest absolute Gasteiger partial charge is 0.389 e. The molecule has 0 bridgehead atoms. The fourth-order valence-corrected chi connectivity index (χ4v) is 3.12. The van der Waals surface area contributed by atoms with Crippen LogP contribution in [0.2, 0.25) is 0 Å². The molecule has 112 valence electrons. The van der Waals surface area contributed by atoms with E-state index in [-0.39, 0.29) is 0 Å². The van der Waals surface area contributed by atoms with Crippen LogP contribution in [0.25, 0.3) is 0 Å². The summed E-state index contributed by atoms with van der Waals surface area (Å²) in [5.74, 6) is 0.711. The van der Waals surface area contributed by atoms with Crippen LogP contribution in [-0.4, -0.2) is 35.2 Å². The van der Waals surface area contributed by atoms with Crippen LogP contribution in [0, 0.1) is 5.92 Å². The van der Waals surface area contributed by atoms with Gasteiger partial charge in [0.2, 0.25) is 0 Å². The summed E-state index contributed by atoms with van der Waals surface area (Å²) < 4.78 is 0. The molecule has 1 aliphatic rings. The second-order valence-corrected chi connectivity index (χ2v) is 6.77. The predicted molar refractivity (Wildman–Crippen MR) is 85.0 cm³/mol. The maximum Gasteiger partial charge on any atom is 0.0712 e. The van der Waals surface area contributed by atoms with E-state index < -0.39 is 5.60 Å². The molecular weight excluding hydrogens is 246 g/mol. The highest BCUT2D eigenvalue weighted by molar-refractivity contribution is 5.24. The molecule has 1 aliphatic heterocycles. The maximum absolute atomic E-state index is 10.8. The Bertz CT molecular complexity index is 402. The predicted octanol–water partition coefficient (Wildman–Crippen LogP) is 3.27. The van der Waals surface area contributed by atoms with Gasteiger partial charge in [0.1, 0.15) is 0 Å². The van der Waals surface area contributed by atoms with Crippen LogP contribution in [0.5, 0.6) is 0 Å². The summed E-state index contributed by atoms with van der Waals surface area (Å²) in [4.78, 5) is 2.49. The van der Waals surface area contributed by atoms with Gasteiger partial charge in [0.15, 0.2) is 0 Å². The minimum Gasteiger partial charge on any atom is -0.389 e. The number of nitrogens with zero attached hydrogens (tertiary/aromatic N) is 1. The molecule has 1 N–H and O–H groups in total. The molecule has 0 atom stereocenters. The molecule has 1 saturated heterocycles. The van der Waals surface area contributed by atoms with E-state index in [2.05, 4.69) is 49.9 Å². The van der Waals surface area contributed by atoms with Crippen molar-refractivity contribution >= 4 is 0 Å². The minimum absolute atomic E-state index is 0.499. The summed E-state index contributed by atoms with van der Waals surface area (Å²) in [6.07, 6.45) is 3.67. The average molecular weight is 275 g/mol. The number of rotatable bonds is 5. The molecular formula is C18H29NO. The van der Waals surface area contributed by atoms with Crippen LogP contribution in [0.1, 0.15) is 44.7 Å². The van der Waals surface area contributed by atoms with Gasteiger partial charge in [-0.15, -0.1) is 0 Å². The lowest BCUT2D eigenvalue weighted by atomic mass is 9.85. The van der Waals surface area contributed by atoms with Crippen LogP contribution in [0.15, 0.2) is 24.3 Å². The smallest absolute Gasteiger partial charge is 0.0712 e. The Morgan fingerprint density at radius 2 is 1.65 bits per heavy atom. The summed E-state index contributed by atoms with van der Waals surface area (Å²) in [6, 6.07) is 8.73. The van der Waals surface area contributed by atoms with E-state index in [0.29, 0.717) is 5.92 Å². The van der Waals surface area contributed by atoms with Crippen LogP contribution in [-0.2, 0) is 12.8 Å². The zero-order valence-electron chi connectivity index (χ0n) is 13.2. The Labute approximate surface area is 123 Å². The molecule has 2 rings (SSSR count). The first-order valence-electron chi connectivity index (χ1n) is 8.03. The molecule has 1 aromatic rings. The molecule has 0 saturated carbocycles. The lowest BCUT2D eigenvalue weighted by molar-refractivity contribution is -0.0227. The van der Waals surface area contributed by atoms with Crippen LogP contribution < -0.4 is 0 Å². The van der Waals surface area contributed by atoms with Crippen molar-refractivity contribution in [3.63, 3.8) is 0 Å². The van der Waals surface area contributed by atoms with E-state index in [4.69, 9.17) is 0 Å². The van der Waals surface area contributed by atoms with Crippen molar-refractivity contribution in [2.24, 2.45) is 5.92 Å². The van der Waals surface area contributed by atoms with Crippen LogP contribution in [0.3, 0.4) is 0 Å². The van der Waals surface area contributed by atoms with Gasteiger partial charge < -0.3 is 10.0 Å². The molecule has 1 heterocycles. The third kappa shape index (κ3) is 4.32. The second kappa shape index (κ2) is 6.73. The summed E-state index contributed by atoms with van der Waals surface area (Å²) in [5.41, 5.74) is 2.13. The van der Waals surface area contributed by atoms with Gasteiger partial charge in [-0.25, -0.2) is 0 Å². The molecule has 1 fully saturated rings. The van der Waals surface area contributed by atoms with Gasteiger partial charge in [-0.1, -0.05) is 45.0 Å². The Hall–Kier alpha value is -0.860. The van der Waals surface area contributed by atoms with Crippen molar-refractivity contribution in [3.8, 4) is 0 Å². The number of hydrogen-bond acceptors (Lipinski definition) is 2. The lowest BCUT2D eigenvalue weighted by Gasteiger charge is -2.39. The zero-order valence-corrected chi connectivity index (χ0v) is 13.2. The van der Waals surface area contributed by atoms with E-state index in [0.717, 1.165) is 45.3 Å². The van der Waals surface area contributed by atoms with E-state index in [9.17, 15) is 5.11 Å². The Morgan fingerprint density at radius 3 is 2.15 bits per heavy atom. The molecule has 0 aromatic heterocycles. The number of hydrogen-bond donors (Lipinski definition) is 1. The zero-order chi connectivity index (χ0) is 14.6. The highest BCUT2D eigenvalue weighted by atomic mass is 16.3. The lowest BCUT2D eigenvalue weighted by Crippen LogP contribution is -2.46. The van der Waals surface area contributed by atoms with Crippen molar-refractivity contribution < 1.29 is 5.11 Å². The summed E-state index contributed by atoms with van der Waals surface area (Å²) >= 11 is 0. The maximum atomic E-state index is 10.8. The fraction of sp³-hybridized carbons (Fsp3) is 0.667. The monoisotopic (exact) mass is 275 g/mol. The molecule has 20 heavy (non-hydrogen) atoms. The Balaban J connectivity index is 1.89. The van der Waals surface area contributed by atoms with Gasteiger partial charge >= 0.3 is 0 Å². The number of aryl methyl sites for hydroxylation is 1. The van der Waals surface area contributed by atoms with Gasteiger partial charge in [0.05, 0.1) is 5.60 Å². The molecule has 0 spiro atoms. The van der Waals surface area contributed by atoms with Crippen LogP contribution >= 0.6 is 0 Å². The third-order valence-electron chi connectivity index (χ3n) is 4.37. The summed E-state index contributed by atoms with van der Waals surface area (Å²) in [5, 5.41) is 10.8. The van der Waals surface area contributed by atoms with E-state index in [1.165, 1.54) is 11.1 Å². The van der Waals surface area contributed by atoms with Gasteiger partial charge in [-0.2, -0.15) is 0 Å². The van der Waals surface area contributed by atoms with Gasteiger partial charge in [0.25, 0.3) is 0 Å². The number of likely N-dealkylation sites (tertiary alicyclic amines) is 1. The molecule has 1 aromatic carbocycles. The second-order valence-electron chi connectivity index (χ2n) is 6.77. The standard InChI is InChI=1S/C18H29NO/c1-4-16-5-7-17(8-6-16)13-18(20)9-11-19(12-10-18)14-15(2)3/h5-8,15,20H,4,9-14H2,1-3H3. The molecule has 0 unspecified atom stereocenters. The number of aliphatic hydroxyl groups is 1. The average Bonchev–Trinajstić information content (AvgIpc) is 2.42. The number of piperidine rings is 1. The third-order valence-corrected chi connectivity index (χ3v) is 4.37.